The smallest absolute Gasteiger partial charge is 0.135 e. The summed E-state index contributed by atoms with van der Waals surface area (Å²) in [5, 5.41) is 7.41. The van der Waals surface area contributed by atoms with Crippen LogP contribution in [0.4, 0.5) is 10.1 Å². The van der Waals surface area contributed by atoms with E-state index in [-0.39, 0.29) is 0 Å². The Labute approximate surface area is 80.2 Å². The summed E-state index contributed by atoms with van der Waals surface area (Å²) in [6, 6.07) is 7.11. The lowest BCUT2D eigenvalue weighted by Crippen LogP contribution is -1.95. The van der Waals surface area contributed by atoms with Crippen molar-refractivity contribution in [2.45, 2.75) is 6.67 Å². The molecule has 1 heterocycles. The molecule has 0 bridgehead atoms. The molecular weight excluding hydrogens is 183 g/mol. The van der Waals surface area contributed by atoms with Crippen molar-refractivity contribution in [3.8, 4) is 5.69 Å². The molecule has 0 radical (unpaired) electrons. The first kappa shape index (κ1) is 8.68. The maximum atomic E-state index is 12.2. The molecule has 4 nitrogen and oxygen atoms in total. The summed E-state index contributed by atoms with van der Waals surface area (Å²) >= 11 is 0. The number of nitrogens with zero attached hydrogens (tertiary/aromatic N) is 3. The summed E-state index contributed by atoms with van der Waals surface area (Å²) in [7, 11) is 0. The first-order valence-electron chi connectivity index (χ1n) is 4.12. The van der Waals surface area contributed by atoms with Crippen molar-refractivity contribution < 1.29 is 4.39 Å². The first-order chi connectivity index (χ1) is 6.79. The zero-order chi connectivity index (χ0) is 9.97. The van der Waals surface area contributed by atoms with Crippen LogP contribution in [0.15, 0.2) is 30.5 Å². The van der Waals surface area contributed by atoms with E-state index in [1.54, 1.807) is 30.5 Å². The van der Waals surface area contributed by atoms with E-state index in [1.807, 2.05) is 0 Å². The molecule has 0 atom stereocenters. The Morgan fingerprint density at radius 3 is 2.57 bits per heavy atom. The molecule has 0 aliphatic heterocycles. The van der Waals surface area contributed by atoms with Crippen LogP contribution in [-0.2, 0) is 6.67 Å². The van der Waals surface area contributed by atoms with Crippen molar-refractivity contribution in [3.63, 3.8) is 0 Å². The summed E-state index contributed by atoms with van der Waals surface area (Å²) in [6.45, 7) is -0.602. The number of hydrogen-bond donors (Lipinski definition) is 1. The van der Waals surface area contributed by atoms with E-state index in [4.69, 9.17) is 5.73 Å². The zero-order valence-electron chi connectivity index (χ0n) is 7.39. The van der Waals surface area contributed by atoms with Crippen LogP contribution >= 0.6 is 0 Å². The fraction of sp³-hybridized carbons (Fsp3) is 0.111. The predicted molar refractivity (Wildman–Crippen MR) is 50.6 cm³/mol. The Bertz CT molecular complexity index is 421. The van der Waals surface area contributed by atoms with Crippen LogP contribution in [0.25, 0.3) is 5.69 Å². The van der Waals surface area contributed by atoms with Gasteiger partial charge in [-0.25, -0.2) is 9.07 Å². The van der Waals surface area contributed by atoms with Crippen molar-refractivity contribution in [1.82, 2.24) is 15.0 Å². The maximum absolute atomic E-state index is 12.2. The lowest BCUT2D eigenvalue weighted by Gasteiger charge is -1.99. The second kappa shape index (κ2) is 3.45. The molecule has 1 aromatic heterocycles. The topological polar surface area (TPSA) is 56.7 Å². The number of alkyl halides is 1. The van der Waals surface area contributed by atoms with Crippen LogP contribution in [0.3, 0.4) is 0 Å². The van der Waals surface area contributed by atoms with Gasteiger partial charge in [0.05, 0.1) is 11.9 Å². The molecule has 0 amide bonds. The Morgan fingerprint density at radius 2 is 2.00 bits per heavy atom. The minimum Gasteiger partial charge on any atom is -0.399 e. The van der Waals surface area contributed by atoms with Gasteiger partial charge in [0.1, 0.15) is 12.4 Å². The zero-order valence-corrected chi connectivity index (χ0v) is 7.39. The molecule has 5 heteroatoms. The van der Waals surface area contributed by atoms with Crippen molar-refractivity contribution in [3.05, 3.63) is 36.2 Å². The van der Waals surface area contributed by atoms with Gasteiger partial charge in [-0.1, -0.05) is 5.21 Å². The molecule has 2 aromatic rings. The molecule has 0 unspecified atom stereocenters. The van der Waals surface area contributed by atoms with Gasteiger partial charge in [0, 0.05) is 5.69 Å². The van der Waals surface area contributed by atoms with Gasteiger partial charge in [0.25, 0.3) is 0 Å². The Hall–Kier alpha value is -1.91. The number of nitrogens with two attached hydrogens (primary N) is 1. The van der Waals surface area contributed by atoms with Gasteiger partial charge in [-0.3, -0.25) is 0 Å². The predicted octanol–water partition coefficient (Wildman–Crippen LogP) is 1.32. The molecule has 0 fully saturated rings. The molecule has 0 saturated carbocycles. The number of nitrogen functional groups attached to an aromatic ring is 1. The first-order valence-corrected chi connectivity index (χ1v) is 4.12. The molecule has 1 aromatic carbocycles. The van der Waals surface area contributed by atoms with E-state index in [0.29, 0.717) is 11.4 Å². The maximum Gasteiger partial charge on any atom is 0.135 e. The van der Waals surface area contributed by atoms with Gasteiger partial charge in [0.15, 0.2) is 0 Å². The van der Waals surface area contributed by atoms with E-state index in [0.717, 1.165) is 5.69 Å². The van der Waals surface area contributed by atoms with Crippen LogP contribution in [0.5, 0.6) is 0 Å². The van der Waals surface area contributed by atoms with Gasteiger partial charge in [-0.15, -0.1) is 5.10 Å². The summed E-state index contributed by atoms with van der Waals surface area (Å²) in [6.07, 6.45) is 1.55. The molecule has 0 saturated heterocycles. The molecule has 0 spiro atoms. The van der Waals surface area contributed by atoms with E-state index in [1.165, 1.54) is 4.68 Å². The van der Waals surface area contributed by atoms with Crippen molar-refractivity contribution in [2.24, 2.45) is 0 Å². The van der Waals surface area contributed by atoms with Gasteiger partial charge in [-0.2, -0.15) is 0 Å². The number of halogens is 1. The number of aromatic nitrogens is 3. The molecule has 2 N–H and O–H groups in total. The highest BCUT2D eigenvalue weighted by atomic mass is 19.1. The lowest BCUT2D eigenvalue weighted by molar-refractivity contribution is 0.475. The van der Waals surface area contributed by atoms with Crippen molar-refractivity contribution >= 4 is 5.69 Å². The molecule has 72 valence electrons. The minimum absolute atomic E-state index is 0.321. The van der Waals surface area contributed by atoms with Gasteiger partial charge < -0.3 is 5.73 Å². The number of rotatable bonds is 2. The summed E-state index contributed by atoms with van der Waals surface area (Å²) in [5.74, 6) is 0. The van der Waals surface area contributed by atoms with E-state index < -0.39 is 6.67 Å². The minimum atomic E-state index is -0.602. The standard InChI is InChI=1S/C9H9FN4/c10-5-8-6-14(13-12-8)9-3-1-7(11)2-4-9/h1-4,6H,5,11H2. The summed E-state index contributed by atoms with van der Waals surface area (Å²) < 4.78 is 13.7. The molecule has 2 rings (SSSR count). The Balaban J connectivity index is 2.34. The highest BCUT2D eigenvalue weighted by Crippen LogP contribution is 2.10. The quantitative estimate of drug-likeness (QED) is 0.730. The van der Waals surface area contributed by atoms with Gasteiger partial charge >= 0.3 is 0 Å². The van der Waals surface area contributed by atoms with Crippen molar-refractivity contribution in [1.29, 1.82) is 0 Å². The summed E-state index contributed by atoms with van der Waals surface area (Å²) in [4.78, 5) is 0. The van der Waals surface area contributed by atoms with Crippen LogP contribution in [0, 0.1) is 0 Å². The van der Waals surface area contributed by atoms with E-state index in [2.05, 4.69) is 10.3 Å². The van der Waals surface area contributed by atoms with E-state index in [9.17, 15) is 4.39 Å². The second-order valence-corrected chi connectivity index (χ2v) is 2.88. The van der Waals surface area contributed by atoms with E-state index >= 15 is 0 Å². The van der Waals surface area contributed by atoms with Crippen LogP contribution < -0.4 is 5.73 Å². The van der Waals surface area contributed by atoms with Gasteiger partial charge in [-0.05, 0) is 24.3 Å². The monoisotopic (exact) mass is 192 g/mol. The SMILES string of the molecule is Nc1ccc(-n2cc(CF)nn2)cc1. The average Bonchev–Trinajstić information content (AvgIpc) is 2.67. The number of benzene rings is 1. The fourth-order valence-corrected chi connectivity index (χ4v) is 1.11. The fourth-order valence-electron chi connectivity index (χ4n) is 1.11. The molecule has 0 aliphatic rings. The molecule has 14 heavy (non-hydrogen) atoms. The molecular formula is C9H9FN4. The van der Waals surface area contributed by atoms with Crippen LogP contribution in [0.2, 0.25) is 0 Å². The third kappa shape index (κ3) is 1.56. The summed E-state index contributed by atoms with van der Waals surface area (Å²) in [5.41, 5.74) is 7.34. The largest absolute Gasteiger partial charge is 0.399 e. The average molecular weight is 192 g/mol. The van der Waals surface area contributed by atoms with Crippen LogP contribution in [-0.4, -0.2) is 15.0 Å². The number of anilines is 1. The van der Waals surface area contributed by atoms with Crippen LogP contribution in [0.1, 0.15) is 5.69 Å². The third-order valence-corrected chi connectivity index (χ3v) is 1.84. The third-order valence-electron chi connectivity index (χ3n) is 1.84. The highest BCUT2D eigenvalue weighted by Gasteiger charge is 2.01. The molecule has 0 aliphatic carbocycles. The van der Waals surface area contributed by atoms with Crippen molar-refractivity contribution in [2.75, 3.05) is 5.73 Å². The highest BCUT2D eigenvalue weighted by molar-refractivity contribution is 5.44. The second-order valence-electron chi connectivity index (χ2n) is 2.88. The normalized spacial score (nSPS) is 10.4. The lowest BCUT2D eigenvalue weighted by atomic mass is 10.3. The Kier molecular flexibility index (Phi) is 2.14. The van der Waals surface area contributed by atoms with Gasteiger partial charge in [0.2, 0.25) is 0 Å². The number of hydrogen-bond acceptors (Lipinski definition) is 3. The Morgan fingerprint density at radius 1 is 1.29 bits per heavy atom.